The zero-order chi connectivity index (χ0) is 20.2. The number of hydrogen-bond acceptors (Lipinski definition) is 4. The summed E-state index contributed by atoms with van der Waals surface area (Å²) in [5.41, 5.74) is 0.211. The molecule has 162 valence electrons. The van der Waals surface area contributed by atoms with Crippen LogP contribution in [0, 0.1) is 5.41 Å². The zero-order valence-corrected chi connectivity index (χ0v) is 20.3. The minimum Gasteiger partial charge on any atom is -0.466 e. The molecule has 4 heteroatoms. The van der Waals surface area contributed by atoms with Crippen LogP contribution in [0.5, 0.6) is 0 Å². The molecule has 0 aromatic heterocycles. The molecule has 0 aliphatic carbocycles. The number of esters is 1. The van der Waals surface area contributed by atoms with Crippen LogP contribution in [0.1, 0.15) is 118 Å². The second kappa shape index (κ2) is 19.5. The number of ether oxygens (including phenoxy) is 1. The molecular weight excluding hydrogens is 372 g/mol. The molecule has 2 nitrogen and oxygen atoms in total. The Bertz CT molecular complexity index is 327. The molecule has 0 heterocycles. The lowest BCUT2D eigenvalue weighted by Gasteiger charge is -2.16. The average molecular weight is 419 g/mol. The first kappa shape index (κ1) is 27.2. The molecule has 0 aromatic rings. The van der Waals surface area contributed by atoms with E-state index in [4.69, 9.17) is 4.74 Å². The van der Waals surface area contributed by atoms with Gasteiger partial charge in [-0.3, -0.25) is 4.79 Å². The van der Waals surface area contributed by atoms with Crippen LogP contribution in [-0.2, 0) is 9.53 Å². The van der Waals surface area contributed by atoms with Crippen LogP contribution in [0.4, 0.5) is 0 Å². The number of hydrogen-bond donors (Lipinski definition) is 0. The van der Waals surface area contributed by atoms with Gasteiger partial charge in [-0.05, 0) is 31.1 Å². The molecular formula is C23H46O2S2. The van der Waals surface area contributed by atoms with Crippen molar-refractivity contribution in [3.8, 4) is 0 Å². The molecule has 0 saturated carbocycles. The summed E-state index contributed by atoms with van der Waals surface area (Å²) in [6.07, 6.45) is 17.5. The molecule has 0 aliphatic heterocycles. The summed E-state index contributed by atoms with van der Waals surface area (Å²) in [6.45, 7) is 9.36. The van der Waals surface area contributed by atoms with Gasteiger partial charge in [0.1, 0.15) is 0 Å². The third-order valence-corrected chi connectivity index (χ3v) is 7.21. The Morgan fingerprint density at radius 2 is 1.22 bits per heavy atom. The van der Waals surface area contributed by atoms with Gasteiger partial charge < -0.3 is 4.74 Å². The topological polar surface area (TPSA) is 26.3 Å². The monoisotopic (exact) mass is 418 g/mol. The predicted octanol–water partition coefficient (Wildman–Crippen LogP) is 8.44. The van der Waals surface area contributed by atoms with E-state index < -0.39 is 0 Å². The third kappa shape index (κ3) is 24.1. The van der Waals surface area contributed by atoms with Crippen LogP contribution in [-0.4, -0.2) is 24.1 Å². The van der Waals surface area contributed by atoms with Crippen LogP contribution >= 0.6 is 21.6 Å². The highest BCUT2D eigenvalue weighted by Crippen LogP contribution is 2.25. The molecule has 0 unspecified atom stereocenters. The Labute approximate surface area is 178 Å². The molecule has 0 aromatic carbocycles. The van der Waals surface area contributed by atoms with Crippen molar-refractivity contribution in [3.05, 3.63) is 0 Å². The normalized spacial score (nSPS) is 11.7. The van der Waals surface area contributed by atoms with Gasteiger partial charge in [0.05, 0.1) is 6.61 Å². The summed E-state index contributed by atoms with van der Waals surface area (Å²) in [7, 11) is 4.09. The Kier molecular flexibility index (Phi) is 19.6. The maximum atomic E-state index is 11.6. The second-order valence-electron chi connectivity index (χ2n) is 8.81. The molecule has 0 saturated heterocycles. The first-order valence-corrected chi connectivity index (χ1v) is 13.8. The van der Waals surface area contributed by atoms with E-state index in [0.29, 0.717) is 13.0 Å². The summed E-state index contributed by atoms with van der Waals surface area (Å²) in [5, 5.41) is 0. The van der Waals surface area contributed by atoms with E-state index >= 15 is 0 Å². The van der Waals surface area contributed by atoms with Crippen LogP contribution in [0.2, 0.25) is 0 Å². The number of unbranched alkanes of at least 4 members (excludes halogenated alkanes) is 10. The van der Waals surface area contributed by atoms with E-state index in [9.17, 15) is 4.79 Å². The minimum absolute atomic E-state index is 0.0298. The molecule has 0 spiro atoms. The highest BCUT2D eigenvalue weighted by atomic mass is 33.1. The summed E-state index contributed by atoms with van der Waals surface area (Å²) >= 11 is 0. The molecule has 0 radical (unpaired) electrons. The van der Waals surface area contributed by atoms with Crippen molar-refractivity contribution in [2.45, 2.75) is 118 Å². The molecule has 0 amide bonds. The molecule has 0 rings (SSSR count). The fraction of sp³-hybridized carbons (Fsp3) is 0.957. The largest absolute Gasteiger partial charge is 0.466 e. The van der Waals surface area contributed by atoms with Gasteiger partial charge in [0.15, 0.2) is 0 Å². The lowest BCUT2D eigenvalue weighted by molar-refractivity contribution is -0.144. The van der Waals surface area contributed by atoms with Crippen molar-refractivity contribution in [2.24, 2.45) is 5.41 Å². The van der Waals surface area contributed by atoms with Gasteiger partial charge in [0.25, 0.3) is 0 Å². The highest BCUT2D eigenvalue weighted by Gasteiger charge is 2.13. The van der Waals surface area contributed by atoms with E-state index in [1.54, 1.807) is 0 Å². The number of carbonyl (C=O) groups excluding carboxylic acids is 1. The van der Waals surface area contributed by atoms with Crippen molar-refractivity contribution in [2.75, 3.05) is 18.1 Å². The van der Waals surface area contributed by atoms with Crippen LogP contribution in [0.3, 0.4) is 0 Å². The maximum Gasteiger partial charge on any atom is 0.305 e. The van der Waals surface area contributed by atoms with E-state index in [1.165, 1.54) is 82.1 Å². The molecule has 0 bridgehead atoms. The number of carbonyl (C=O) groups is 1. The maximum absolute atomic E-state index is 11.6. The van der Waals surface area contributed by atoms with E-state index in [-0.39, 0.29) is 11.4 Å². The average Bonchev–Trinajstić information content (AvgIpc) is 2.62. The van der Waals surface area contributed by atoms with Gasteiger partial charge in [0.2, 0.25) is 0 Å². The van der Waals surface area contributed by atoms with Crippen molar-refractivity contribution in [1.29, 1.82) is 0 Å². The molecule has 0 aliphatic rings. The predicted molar refractivity (Wildman–Crippen MR) is 126 cm³/mol. The minimum atomic E-state index is -0.0298. The first-order chi connectivity index (χ1) is 13.0. The van der Waals surface area contributed by atoms with E-state index in [1.807, 2.05) is 10.8 Å². The van der Waals surface area contributed by atoms with Crippen LogP contribution in [0.25, 0.3) is 0 Å². The van der Waals surface area contributed by atoms with Crippen molar-refractivity contribution < 1.29 is 9.53 Å². The van der Waals surface area contributed by atoms with Crippen molar-refractivity contribution in [1.82, 2.24) is 0 Å². The summed E-state index contributed by atoms with van der Waals surface area (Å²) in [5.74, 6) is 2.54. The SMILES string of the molecule is CCCCCCCCCCSSCCCCCCOC(=O)CCC(C)(C)C. The zero-order valence-electron chi connectivity index (χ0n) is 18.7. The van der Waals surface area contributed by atoms with Crippen molar-refractivity contribution >= 4 is 27.6 Å². The van der Waals surface area contributed by atoms with Crippen LogP contribution < -0.4 is 0 Å². The van der Waals surface area contributed by atoms with Gasteiger partial charge in [-0.15, -0.1) is 0 Å². The van der Waals surface area contributed by atoms with E-state index in [0.717, 1.165) is 12.8 Å². The van der Waals surface area contributed by atoms with Gasteiger partial charge >= 0.3 is 5.97 Å². The molecule has 27 heavy (non-hydrogen) atoms. The quantitative estimate of drug-likeness (QED) is 0.119. The first-order valence-electron chi connectivity index (χ1n) is 11.4. The lowest BCUT2D eigenvalue weighted by atomic mass is 9.91. The lowest BCUT2D eigenvalue weighted by Crippen LogP contribution is -2.11. The Morgan fingerprint density at radius 3 is 1.74 bits per heavy atom. The third-order valence-electron chi connectivity index (χ3n) is 4.63. The summed E-state index contributed by atoms with van der Waals surface area (Å²) < 4.78 is 5.31. The fourth-order valence-electron chi connectivity index (χ4n) is 2.76. The van der Waals surface area contributed by atoms with Gasteiger partial charge in [-0.2, -0.15) is 0 Å². The van der Waals surface area contributed by atoms with E-state index in [2.05, 4.69) is 38.5 Å². The number of rotatable bonds is 19. The molecule has 0 atom stereocenters. The molecule has 0 N–H and O–H groups in total. The van der Waals surface area contributed by atoms with Gasteiger partial charge in [-0.25, -0.2) is 0 Å². The second-order valence-corrected chi connectivity index (χ2v) is 11.5. The van der Waals surface area contributed by atoms with Crippen LogP contribution in [0.15, 0.2) is 0 Å². The Morgan fingerprint density at radius 1 is 0.741 bits per heavy atom. The van der Waals surface area contributed by atoms with Gasteiger partial charge in [-0.1, -0.05) is 107 Å². The standard InChI is InChI=1S/C23H46O2S2/c1-5-6-7-8-9-10-12-15-20-26-27-21-16-13-11-14-19-25-22(24)17-18-23(2,3)4/h5-21H2,1-4H3. The highest BCUT2D eigenvalue weighted by molar-refractivity contribution is 8.76. The fourth-order valence-corrected chi connectivity index (χ4v) is 5.06. The smallest absolute Gasteiger partial charge is 0.305 e. The van der Waals surface area contributed by atoms with Gasteiger partial charge in [0, 0.05) is 17.9 Å². The summed E-state index contributed by atoms with van der Waals surface area (Å²) in [4.78, 5) is 11.6. The Hall–Kier alpha value is 0.170. The van der Waals surface area contributed by atoms with Crippen molar-refractivity contribution in [3.63, 3.8) is 0 Å². The molecule has 0 fully saturated rings. The summed E-state index contributed by atoms with van der Waals surface area (Å²) in [6, 6.07) is 0. The Balaban J connectivity index is 3.14.